The van der Waals surface area contributed by atoms with Crippen LogP contribution in [0, 0.1) is 19.8 Å². The SMILES string of the molecule is Cc1cc(NC(=O)C2CCNC(C)C2)cc(C)c1Br. The molecular weight excluding hydrogens is 304 g/mol. The van der Waals surface area contributed by atoms with E-state index >= 15 is 0 Å². The average Bonchev–Trinajstić information content (AvgIpc) is 2.36. The highest BCUT2D eigenvalue weighted by atomic mass is 79.9. The number of carbonyl (C=O) groups excluding carboxylic acids is 1. The van der Waals surface area contributed by atoms with E-state index in [9.17, 15) is 4.79 Å². The van der Waals surface area contributed by atoms with E-state index in [2.05, 4.69) is 33.5 Å². The standard InChI is InChI=1S/C15H21BrN2O/c1-9-6-13(7-10(2)14(9)16)18-15(19)12-4-5-17-11(3)8-12/h6-7,11-12,17H,4-5,8H2,1-3H3,(H,18,19). The maximum absolute atomic E-state index is 12.3. The van der Waals surface area contributed by atoms with Crippen LogP contribution in [0.1, 0.15) is 30.9 Å². The molecule has 1 heterocycles. The predicted octanol–water partition coefficient (Wildman–Crippen LogP) is 3.39. The Morgan fingerprint density at radius 3 is 2.58 bits per heavy atom. The fourth-order valence-electron chi connectivity index (χ4n) is 2.63. The summed E-state index contributed by atoms with van der Waals surface area (Å²) in [6, 6.07) is 4.46. The number of halogens is 1. The van der Waals surface area contributed by atoms with Gasteiger partial charge >= 0.3 is 0 Å². The molecule has 2 N–H and O–H groups in total. The van der Waals surface area contributed by atoms with Gasteiger partial charge in [-0.05, 0) is 63.4 Å². The minimum absolute atomic E-state index is 0.125. The van der Waals surface area contributed by atoms with Gasteiger partial charge in [-0.2, -0.15) is 0 Å². The fraction of sp³-hybridized carbons (Fsp3) is 0.533. The van der Waals surface area contributed by atoms with Crippen molar-refractivity contribution in [2.24, 2.45) is 5.92 Å². The van der Waals surface area contributed by atoms with Crippen LogP contribution in [-0.2, 0) is 4.79 Å². The molecule has 1 saturated heterocycles. The molecule has 1 amide bonds. The zero-order chi connectivity index (χ0) is 14.0. The third kappa shape index (κ3) is 3.57. The van der Waals surface area contributed by atoms with Crippen LogP contribution in [0.25, 0.3) is 0 Å². The quantitative estimate of drug-likeness (QED) is 0.875. The Bertz CT molecular complexity index is 464. The molecule has 2 unspecified atom stereocenters. The van der Waals surface area contributed by atoms with Gasteiger partial charge in [0.1, 0.15) is 0 Å². The number of amides is 1. The zero-order valence-corrected chi connectivity index (χ0v) is 13.3. The third-order valence-corrected chi connectivity index (χ3v) is 4.95. The molecule has 1 aliphatic heterocycles. The van der Waals surface area contributed by atoms with E-state index in [-0.39, 0.29) is 11.8 Å². The minimum Gasteiger partial charge on any atom is -0.326 e. The summed E-state index contributed by atoms with van der Waals surface area (Å²) in [5.41, 5.74) is 3.19. The van der Waals surface area contributed by atoms with Crippen molar-refractivity contribution in [3.63, 3.8) is 0 Å². The molecule has 2 rings (SSSR count). The summed E-state index contributed by atoms with van der Waals surface area (Å²) in [6.45, 7) is 7.14. The van der Waals surface area contributed by atoms with Crippen molar-refractivity contribution in [3.05, 3.63) is 27.7 Å². The number of benzene rings is 1. The van der Waals surface area contributed by atoms with Crippen LogP contribution in [0.5, 0.6) is 0 Å². The second kappa shape index (κ2) is 6.06. The van der Waals surface area contributed by atoms with Gasteiger partial charge in [0, 0.05) is 22.1 Å². The van der Waals surface area contributed by atoms with Gasteiger partial charge in [-0.1, -0.05) is 15.9 Å². The minimum atomic E-state index is 0.125. The van der Waals surface area contributed by atoms with E-state index in [4.69, 9.17) is 0 Å². The Balaban J connectivity index is 2.06. The van der Waals surface area contributed by atoms with Crippen LogP contribution < -0.4 is 10.6 Å². The number of aryl methyl sites for hydroxylation is 2. The first-order valence-corrected chi connectivity index (χ1v) is 7.57. The summed E-state index contributed by atoms with van der Waals surface area (Å²) >= 11 is 3.54. The lowest BCUT2D eigenvalue weighted by molar-refractivity contribution is -0.120. The highest BCUT2D eigenvalue weighted by molar-refractivity contribution is 9.10. The van der Waals surface area contributed by atoms with E-state index in [0.717, 1.165) is 40.7 Å². The van der Waals surface area contributed by atoms with Gasteiger partial charge in [-0.3, -0.25) is 4.79 Å². The summed E-state index contributed by atoms with van der Waals surface area (Å²) in [5, 5.41) is 6.42. The molecule has 0 radical (unpaired) electrons. The number of hydrogen-bond acceptors (Lipinski definition) is 2. The first-order chi connectivity index (χ1) is 8.97. The summed E-state index contributed by atoms with van der Waals surface area (Å²) in [6.07, 6.45) is 1.84. The number of rotatable bonds is 2. The Labute approximate surface area is 123 Å². The van der Waals surface area contributed by atoms with Gasteiger partial charge in [-0.25, -0.2) is 0 Å². The molecule has 0 spiro atoms. The Kier molecular flexibility index (Phi) is 4.63. The maximum Gasteiger partial charge on any atom is 0.227 e. The summed E-state index contributed by atoms with van der Waals surface area (Å²) in [7, 11) is 0. The number of carbonyl (C=O) groups is 1. The van der Waals surface area contributed by atoms with Gasteiger partial charge in [0.2, 0.25) is 5.91 Å². The largest absolute Gasteiger partial charge is 0.326 e. The zero-order valence-electron chi connectivity index (χ0n) is 11.7. The lowest BCUT2D eigenvalue weighted by atomic mass is 9.92. The topological polar surface area (TPSA) is 41.1 Å². The monoisotopic (exact) mass is 324 g/mol. The van der Waals surface area contributed by atoms with E-state index in [1.807, 2.05) is 26.0 Å². The molecule has 1 aromatic carbocycles. The maximum atomic E-state index is 12.3. The highest BCUT2D eigenvalue weighted by Crippen LogP contribution is 2.26. The van der Waals surface area contributed by atoms with Crippen molar-refractivity contribution in [2.45, 2.75) is 39.7 Å². The summed E-state index contributed by atoms with van der Waals surface area (Å²) < 4.78 is 1.11. The van der Waals surface area contributed by atoms with Crippen LogP contribution in [0.4, 0.5) is 5.69 Å². The molecule has 3 nitrogen and oxygen atoms in total. The second-order valence-corrected chi connectivity index (χ2v) is 6.28. The van der Waals surface area contributed by atoms with Gasteiger partial charge in [0.25, 0.3) is 0 Å². The molecule has 1 aliphatic rings. The molecule has 4 heteroatoms. The third-order valence-electron chi connectivity index (χ3n) is 3.70. The number of piperidine rings is 1. The molecule has 0 aromatic heterocycles. The number of nitrogens with one attached hydrogen (secondary N) is 2. The van der Waals surface area contributed by atoms with Gasteiger partial charge in [0.05, 0.1) is 0 Å². The number of hydrogen-bond donors (Lipinski definition) is 2. The Morgan fingerprint density at radius 2 is 2.00 bits per heavy atom. The lowest BCUT2D eigenvalue weighted by Gasteiger charge is -2.27. The normalized spacial score (nSPS) is 23.2. The van der Waals surface area contributed by atoms with Crippen molar-refractivity contribution in [2.75, 3.05) is 11.9 Å². The van der Waals surface area contributed by atoms with Crippen molar-refractivity contribution in [3.8, 4) is 0 Å². The van der Waals surface area contributed by atoms with Gasteiger partial charge in [-0.15, -0.1) is 0 Å². The molecule has 104 valence electrons. The summed E-state index contributed by atoms with van der Waals surface area (Å²) in [4.78, 5) is 12.3. The van der Waals surface area contributed by atoms with Crippen LogP contribution in [0.15, 0.2) is 16.6 Å². The van der Waals surface area contributed by atoms with E-state index in [1.54, 1.807) is 0 Å². The van der Waals surface area contributed by atoms with Crippen LogP contribution in [0.2, 0.25) is 0 Å². The molecule has 1 aromatic rings. The smallest absolute Gasteiger partial charge is 0.227 e. The fourth-order valence-corrected chi connectivity index (χ4v) is 2.86. The Hall–Kier alpha value is -0.870. The van der Waals surface area contributed by atoms with Crippen LogP contribution in [0.3, 0.4) is 0 Å². The van der Waals surface area contributed by atoms with Gasteiger partial charge < -0.3 is 10.6 Å². The Morgan fingerprint density at radius 1 is 1.37 bits per heavy atom. The molecular formula is C15H21BrN2O. The van der Waals surface area contributed by atoms with Crippen LogP contribution >= 0.6 is 15.9 Å². The van der Waals surface area contributed by atoms with Crippen molar-refractivity contribution < 1.29 is 4.79 Å². The van der Waals surface area contributed by atoms with Gasteiger partial charge in [0.15, 0.2) is 0 Å². The predicted molar refractivity (Wildman–Crippen MR) is 82.4 cm³/mol. The molecule has 0 saturated carbocycles. The number of anilines is 1. The van der Waals surface area contributed by atoms with Crippen LogP contribution in [-0.4, -0.2) is 18.5 Å². The highest BCUT2D eigenvalue weighted by Gasteiger charge is 2.24. The second-order valence-electron chi connectivity index (χ2n) is 5.49. The summed E-state index contributed by atoms with van der Waals surface area (Å²) in [5.74, 6) is 0.273. The molecule has 19 heavy (non-hydrogen) atoms. The lowest BCUT2D eigenvalue weighted by Crippen LogP contribution is -2.40. The molecule has 0 bridgehead atoms. The first-order valence-electron chi connectivity index (χ1n) is 6.78. The van der Waals surface area contributed by atoms with E-state index in [0.29, 0.717) is 6.04 Å². The van der Waals surface area contributed by atoms with Crippen molar-refractivity contribution in [1.29, 1.82) is 0 Å². The van der Waals surface area contributed by atoms with E-state index in [1.165, 1.54) is 0 Å². The first kappa shape index (κ1) is 14.5. The average molecular weight is 325 g/mol. The van der Waals surface area contributed by atoms with Crippen molar-refractivity contribution in [1.82, 2.24) is 5.32 Å². The van der Waals surface area contributed by atoms with E-state index < -0.39 is 0 Å². The van der Waals surface area contributed by atoms with Crippen molar-refractivity contribution >= 4 is 27.5 Å². The molecule has 0 aliphatic carbocycles. The molecule has 2 atom stereocenters. The molecule has 1 fully saturated rings.